The molecule has 3 rings (SSSR count). The van der Waals surface area contributed by atoms with Gasteiger partial charge in [0.15, 0.2) is 0 Å². The highest BCUT2D eigenvalue weighted by molar-refractivity contribution is 5.83. The van der Waals surface area contributed by atoms with Crippen LogP contribution in [0.2, 0.25) is 0 Å². The number of carbonyl (C=O) groups excluding carboxylic acids is 1. The summed E-state index contributed by atoms with van der Waals surface area (Å²) in [7, 11) is 0. The van der Waals surface area contributed by atoms with E-state index in [-0.39, 0.29) is 29.7 Å². The molecule has 5 heteroatoms. The van der Waals surface area contributed by atoms with Crippen LogP contribution in [-0.2, 0) is 4.79 Å². The Morgan fingerprint density at radius 2 is 2.30 bits per heavy atom. The SMILES string of the molecule is CC(N)c1ccc(N2CCCC3C(=O)NCC32)cc1O. The quantitative estimate of drug-likeness (QED) is 0.756. The first-order valence-corrected chi connectivity index (χ1v) is 7.21. The summed E-state index contributed by atoms with van der Waals surface area (Å²) in [4.78, 5) is 14.0. The van der Waals surface area contributed by atoms with Crippen molar-refractivity contribution in [3.63, 3.8) is 0 Å². The first-order chi connectivity index (χ1) is 9.58. The summed E-state index contributed by atoms with van der Waals surface area (Å²) >= 11 is 0. The number of hydrogen-bond acceptors (Lipinski definition) is 4. The van der Waals surface area contributed by atoms with E-state index in [9.17, 15) is 9.90 Å². The van der Waals surface area contributed by atoms with Crippen molar-refractivity contribution < 1.29 is 9.90 Å². The van der Waals surface area contributed by atoms with Gasteiger partial charge in [-0.25, -0.2) is 0 Å². The summed E-state index contributed by atoms with van der Waals surface area (Å²) in [5, 5.41) is 13.0. The minimum Gasteiger partial charge on any atom is -0.508 e. The monoisotopic (exact) mass is 275 g/mol. The number of hydrogen-bond donors (Lipinski definition) is 3. The van der Waals surface area contributed by atoms with E-state index in [1.807, 2.05) is 19.1 Å². The molecule has 2 saturated heterocycles. The lowest BCUT2D eigenvalue weighted by atomic mass is 9.91. The number of benzene rings is 1. The van der Waals surface area contributed by atoms with E-state index in [0.29, 0.717) is 6.54 Å². The van der Waals surface area contributed by atoms with Crippen molar-refractivity contribution in [3.8, 4) is 5.75 Å². The van der Waals surface area contributed by atoms with Gasteiger partial charge < -0.3 is 21.1 Å². The Balaban J connectivity index is 1.89. The Labute approximate surface area is 118 Å². The molecule has 108 valence electrons. The number of piperidine rings is 1. The third-order valence-electron chi connectivity index (χ3n) is 4.44. The Hall–Kier alpha value is -1.75. The van der Waals surface area contributed by atoms with Gasteiger partial charge in [0.05, 0.1) is 12.0 Å². The van der Waals surface area contributed by atoms with Crippen LogP contribution in [0, 0.1) is 5.92 Å². The van der Waals surface area contributed by atoms with Crippen molar-refractivity contribution in [2.24, 2.45) is 11.7 Å². The molecule has 2 aliphatic rings. The predicted molar refractivity (Wildman–Crippen MR) is 77.6 cm³/mol. The van der Waals surface area contributed by atoms with E-state index >= 15 is 0 Å². The lowest BCUT2D eigenvalue weighted by Gasteiger charge is -2.38. The molecule has 5 nitrogen and oxygen atoms in total. The number of nitrogens with zero attached hydrogens (tertiary/aromatic N) is 1. The van der Waals surface area contributed by atoms with Gasteiger partial charge in [-0.2, -0.15) is 0 Å². The van der Waals surface area contributed by atoms with Crippen LogP contribution in [0.15, 0.2) is 18.2 Å². The van der Waals surface area contributed by atoms with E-state index in [2.05, 4.69) is 10.2 Å². The fourth-order valence-corrected chi connectivity index (χ4v) is 3.37. The van der Waals surface area contributed by atoms with Gasteiger partial charge in [-0.05, 0) is 25.8 Å². The van der Waals surface area contributed by atoms with Crippen LogP contribution in [0.5, 0.6) is 5.75 Å². The number of phenolic OH excluding ortho intramolecular Hbond substituents is 1. The van der Waals surface area contributed by atoms with Crippen LogP contribution in [0.3, 0.4) is 0 Å². The van der Waals surface area contributed by atoms with Gasteiger partial charge in [0.25, 0.3) is 0 Å². The van der Waals surface area contributed by atoms with E-state index in [4.69, 9.17) is 5.73 Å². The topological polar surface area (TPSA) is 78.6 Å². The standard InChI is InChI=1S/C15H21N3O2/c1-9(16)11-5-4-10(7-14(11)19)18-6-2-3-12-13(18)8-17-15(12)20/h4-5,7,9,12-13,19H,2-3,6,8,16H2,1H3,(H,17,20). The van der Waals surface area contributed by atoms with Crippen LogP contribution < -0.4 is 16.0 Å². The molecule has 2 fully saturated rings. The highest BCUT2D eigenvalue weighted by atomic mass is 16.3. The molecule has 2 aliphatic heterocycles. The molecule has 3 atom stereocenters. The summed E-state index contributed by atoms with van der Waals surface area (Å²) in [6.07, 6.45) is 1.96. The smallest absolute Gasteiger partial charge is 0.225 e. The molecule has 0 spiro atoms. The maximum atomic E-state index is 11.8. The summed E-state index contributed by atoms with van der Waals surface area (Å²) in [5.41, 5.74) is 7.54. The molecule has 0 aliphatic carbocycles. The number of carbonyl (C=O) groups is 1. The van der Waals surface area contributed by atoms with Crippen LogP contribution in [-0.4, -0.2) is 30.1 Å². The highest BCUT2D eigenvalue weighted by Gasteiger charge is 2.40. The zero-order valence-electron chi connectivity index (χ0n) is 11.7. The minimum absolute atomic E-state index is 0.0824. The average molecular weight is 275 g/mol. The van der Waals surface area contributed by atoms with Crippen molar-refractivity contribution in [1.82, 2.24) is 5.32 Å². The molecule has 20 heavy (non-hydrogen) atoms. The van der Waals surface area contributed by atoms with Gasteiger partial charge in [0, 0.05) is 36.4 Å². The number of nitrogens with two attached hydrogens (primary N) is 1. The lowest BCUT2D eigenvalue weighted by molar-refractivity contribution is -0.122. The fourth-order valence-electron chi connectivity index (χ4n) is 3.37. The predicted octanol–water partition coefficient (Wildman–Crippen LogP) is 1.13. The van der Waals surface area contributed by atoms with E-state index in [1.54, 1.807) is 6.07 Å². The Kier molecular flexibility index (Phi) is 3.30. The Morgan fingerprint density at radius 3 is 3.00 bits per heavy atom. The summed E-state index contributed by atoms with van der Waals surface area (Å²) in [5.74, 6) is 0.479. The van der Waals surface area contributed by atoms with Gasteiger partial charge in [0.1, 0.15) is 5.75 Å². The molecule has 4 N–H and O–H groups in total. The number of fused-ring (bicyclic) bond motifs is 1. The zero-order valence-corrected chi connectivity index (χ0v) is 11.7. The van der Waals surface area contributed by atoms with Gasteiger partial charge in [-0.15, -0.1) is 0 Å². The maximum absolute atomic E-state index is 11.8. The minimum atomic E-state index is -0.187. The summed E-state index contributed by atoms with van der Waals surface area (Å²) in [6, 6.07) is 5.65. The maximum Gasteiger partial charge on any atom is 0.225 e. The molecule has 2 heterocycles. The molecule has 1 amide bonds. The lowest BCUT2D eigenvalue weighted by Crippen LogP contribution is -2.45. The number of rotatable bonds is 2. The number of anilines is 1. The molecular formula is C15H21N3O2. The van der Waals surface area contributed by atoms with Crippen molar-refractivity contribution in [2.75, 3.05) is 18.0 Å². The average Bonchev–Trinajstić information content (AvgIpc) is 2.80. The molecular weight excluding hydrogens is 254 g/mol. The molecule has 0 radical (unpaired) electrons. The van der Waals surface area contributed by atoms with Crippen molar-refractivity contribution >= 4 is 11.6 Å². The van der Waals surface area contributed by atoms with E-state index in [1.165, 1.54) is 0 Å². The highest BCUT2D eigenvalue weighted by Crippen LogP contribution is 2.34. The molecule has 1 aromatic carbocycles. The number of amides is 1. The largest absolute Gasteiger partial charge is 0.508 e. The second kappa shape index (κ2) is 4.98. The zero-order chi connectivity index (χ0) is 14.3. The second-order valence-electron chi connectivity index (χ2n) is 5.79. The van der Waals surface area contributed by atoms with Gasteiger partial charge in [-0.3, -0.25) is 4.79 Å². The molecule has 0 saturated carbocycles. The first kappa shape index (κ1) is 13.2. The first-order valence-electron chi connectivity index (χ1n) is 7.21. The third-order valence-corrected chi connectivity index (χ3v) is 4.44. The van der Waals surface area contributed by atoms with Gasteiger partial charge in [0.2, 0.25) is 5.91 Å². The molecule has 0 aromatic heterocycles. The third kappa shape index (κ3) is 2.12. The van der Waals surface area contributed by atoms with Gasteiger partial charge >= 0.3 is 0 Å². The summed E-state index contributed by atoms with van der Waals surface area (Å²) < 4.78 is 0. The summed E-state index contributed by atoms with van der Waals surface area (Å²) in [6.45, 7) is 3.47. The molecule has 1 aromatic rings. The van der Waals surface area contributed by atoms with Crippen molar-refractivity contribution in [2.45, 2.75) is 31.8 Å². The van der Waals surface area contributed by atoms with E-state index in [0.717, 1.165) is 30.6 Å². The molecule has 0 bridgehead atoms. The van der Waals surface area contributed by atoms with Crippen LogP contribution in [0.4, 0.5) is 5.69 Å². The van der Waals surface area contributed by atoms with Crippen LogP contribution in [0.1, 0.15) is 31.4 Å². The molecule has 3 unspecified atom stereocenters. The van der Waals surface area contributed by atoms with Gasteiger partial charge in [-0.1, -0.05) is 6.07 Å². The van der Waals surface area contributed by atoms with Crippen LogP contribution >= 0.6 is 0 Å². The number of phenols is 1. The van der Waals surface area contributed by atoms with Crippen molar-refractivity contribution in [1.29, 1.82) is 0 Å². The Bertz CT molecular complexity index is 530. The normalized spacial score (nSPS) is 27.1. The van der Waals surface area contributed by atoms with Crippen molar-refractivity contribution in [3.05, 3.63) is 23.8 Å². The number of nitrogens with one attached hydrogen (secondary N) is 1. The second-order valence-corrected chi connectivity index (χ2v) is 5.79. The Morgan fingerprint density at radius 1 is 1.50 bits per heavy atom. The van der Waals surface area contributed by atoms with E-state index < -0.39 is 0 Å². The van der Waals surface area contributed by atoms with Crippen LogP contribution in [0.25, 0.3) is 0 Å². The number of aromatic hydroxyl groups is 1. The fraction of sp³-hybridized carbons (Fsp3) is 0.533.